The maximum atomic E-state index is 10.1. The summed E-state index contributed by atoms with van der Waals surface area (Å²) in [7, 11) is 0. The van der Waals surface area contributed by atoms with Crippen molar-refractivity contribution in [3.8, 4) is 0 Å². The van der Waals surface area contributed by atoms with E-state index in [1.54, 1.807) is 6.92 Å². The molecule has 0 radical (unpaired) electrons. The summed E-state index contributed by atoms with van der Waals surface area (Å²) in [5, 5.41) is 39.7. The van der Waals surface area contributed by atoms with Crippen molar-refractivity contribution in [1.29, 1.82) is 0 Å². The molecular formula is C10H19NO4. The first-order valence-corrected chi connectivity index (χ1v) is 5.32. The van der Waals surface area contributed by atoms with E-state index in [1.807, 2.05) is 4.90 Å². The van der Waals surface area contributed by atoms with Gasteiger partial charge in [0.25, 0.3) is 0 Å². The molecule has 0 bridgehead atoms. The smallest absolute Gasteiger partial charge is 0.116 e. The minimum absolute atomic E-state index is 0.297. The van der Waals surface area contributed by atoms with E-state index in [1.165, 1.54) is 6.92 Å². The van der Waals surface area contributed by atoms with E-state index in [2.05, 4.69) is 0 Å². The van der Waals surface area contributed by atoms with Crippen LogP contribution in [0, 0.1) is 0 Å². The minimum Gasteiger partial charge on any atom is -0.389 e. The molecule has 5 atom stereocenters. The molecule has 2 rings (SSSR count). The van der Waals surface area contributed by atoms with Gasteiger partial charge in [-0.2, -0.15) is 0 Å². The molecule has 5 nitrogen and oxygen atoms in total. The summed E-state index contributed by atoms with van der Waals surface area (Å²) >= 11 is 0. The number of rotatable bonds is 0. The van der Waals surface area contributed by atoms with Crippen molar-refractivity contribution in [1.82, 2.24) is 4.90 Å². The van der Waals surface area contributed by atoms with E-state index in [-0.39, 0.29) is 0 Å². The molecule has 0 aromatic carbocycles. The lowest BCUT2D eigenvalue weighted by molar-refractivity contribution is -0.207. The second-order valence-corrected chi connectivity index (χ2v) is 5.23. The Balaban J connectivity index is 2.30. The molecule has 15 heavy (non-hydrogen) atoms. The molecule has 0 aromatic rings. The van der Waals surface area contributed by atoms with Crippen LogP contribution in [0.15, 0.2) is 0 Å². The monoisotopic (exact) mass is 217 g/mol. The highest BCUT2D eigenvalue weighted by atomic mass is 16.4. The van der Waals surface area contributed by atoms with Crippen molar-refractivity contribution in [2.45, 2.75) is 49.7 Å². The molecule has 2 aliphatic heterocycles. The van der Waals surface area contributed by atoms with E-state index < -0.39 is 29.5 Å². The number of piperidine rings is 1. The molecule has 2 aliphatic rings. The standard InChI is InChI=1S/C10H19NO4/c1-9(14)3-4-11-5-6(12)10(2,15)8(13)7(9)11/h6-8,12-15H,3-5H2,1-2H3/t6-,7-,8+,9-,10+/m0/s1. The Hall–Kier alpha value is -0.200. The van der Waals surface area contributed by atoms with Gasteiger partial charge in [-0.1, -0.05) is 0 Å². The Kier molecular flexibility index (Phi) is 2.37. The van der Waals surface area contributed by atoms with E-state index in [0.717, 1.165) is 0 Å². The summed E-state index contributed by atoms with van der Waals surface area (Å²) in [4.78, 5) is 1.84. The SMILES string of the molecule is C[C@]1(O)[C@H](O)[C@@H]2N(CC[C@]2(C)O)C[C@@H]1O. The largest absolute Gasteiger partial charge is 0.389 e. The number of hydrogen-bond donors (Lipinski definition) is 4. The lowest BCUT2D eigenvalue weighted by atomic mass is 9.78. The van der Waals surface area contributed by atoms with Gasteiger partial charge in [-0.25, -0.2) is 0 Å². The third-order valence-electron chi connectivity index (χ3n) is 3.92. The maximum Gasteiger partial charge on any atom is 0.116 e. The summed E-state index contributed by atoms with van der Waals surface area (Å²) in [5.74, 6) is 0. The van der Waals surface area contributed by atoms with Crippen molar-refractivity contribution in [2.75, 3.05) is 13.1 Å². The van der Waals surface area contributed by atoms with Crippen LogP contribution in [0.1, 0.15) is 20.3 Å². The number of fused-ring (bicyclic) bond motifs is 1. The van der Waals surface area contributed by atoms with Gasteiger partial charge in [0.15, 0.2) is 0 Å². The molecule has 0 aliphatic carbocycles. The van der Waals surface area contributed by atoms with Gasteiger partial charge in [0.05, 0.1) is 17.7 Å². The third-order valence-corrected chi connectivity index (χ3v) is 3.92. The summed E-state index contributed by atoms with van der Waals surface area (Å²) in [6, 6.07) is -0.490. The quantitative estimate of drug-likeness (QED) is 0.389. The van der Waals surface area contributed by atoms with Crippen molar-refractivity contribution in [3.05, 3.63) is 0 Å². The maximum absolute atomic E-state index is 10.1. The Bertz CT molecular complexity index is 266. The van der Waals surface area contributed by atoms with Gasteiger partial charge in [-0.15, -0.1) is 0 Å². The van der Waals surface area contributed by atoms with Crippen LogP contribution in [-0.2, 0) is 0 Å². The van der Waals surface area contributed by atoms with Crippen molar-refractivity contribution >= 4 is 0 Å². The zero-order valence-corrected chi connectivity index (χ0v) is 9.09. The highest BCUT2D eigenvalue weighted by Gasteiger charge is 2.57. The number of aliphatic hydroxyl groups is 4. The van der Waals surface area contributed by atoms with Crippen LogP contribution in [0.25, 0.3) is 0 Å². The van der Waals surface area contributed by atoms with Crippen LogP contribution in [0.4, 0.5) is 0 Å². The first-order valence-electron chi connectivity index (χ1n) is 5.32. The van der Waals surface area contributed by atoms with Crippen LogP contribution in [0.5, 0.6) is 0 Å². The third kappa shape index (κ3) is 1.50. The highest BCUT2D eigenvalue weighted by Crippen LogP contribution is 2.38. The summed E-state index contributed by atoms with van der Waals surface area (Å²) in [5.41, 5.74) is -2.54. The van der Waals surface area contributed by atoms with Crippen LogP contribution in [0.2, 0.25) is 0 Å². The molecule has 2 heterocycles. The first-order chi connectivity index (χ1) is 6.77. The van der Waals surface area contributed by atoms with E-state index in [4.69, 9.17) is 0 Å². The fourth-order valence-corrected chi connectivity index (χ4v) is 2.72. The predicted molar refractivity (Wildman–Crippen MR) is 53.2 cm³/mol. The Morgan fingerprint density at radius 2 is 1.80 bits per heavy atom. The van der Waals surface area contributed by atoms with E-state index in [9.17, 15) is 20.4 Å². The van der Waals surface area contributed by atoms with Crippen LogP contribution < -0.4 is 0 Å². The Morgan fingerprint density at radius 1 is 1.20 bits per heavy atom. The van der Waals surface area contributed by atoms with E-state index in [0.29, 0.717) is 19.5 Å². The summed E-state index contributed by atoms with van der Waals surface area (Å²) in [6.45, 7) is 4.01. The van der Waals surface area contributed by atoms with Crippen molar-refractivity contribution in [2.24, 2.45) is 0 Å². The lowest BCUT2D eigenvalue weighted by Gasteiger charge is -2.48. The first kappa shape index (κ1) is 11.3. The predicted octanol–water partition coefficient (Wildman–Crippen LogP) is -1.70. The van der Waals surface area contributed by atoms with Crippen LogP contribution in [0.3, 0.4) is 0 Å². The van der Waals surface area contributed by atoms with Gasteiger partial charge in [0.1, 0.15) is 11.7 Å². The van der Waals surface area contributed by atoms with Crippen molar-refractivity contribution in [3.63, 3.8) is 0 Å². The summed E-state index contributed by atoms with van der Waals surface area (Å²) < 4.78 is 0. The molecule has 5 heteroatoms. The van der Waals surface area contributed by atoms with Gasteiger partial charge >= 0.3 is 0 Å². The fourth-order valence-electron chi connectivity index (χ4n) is 2.72. The zero-order valence-electron chi connectivity index (χ0n) is 9.09. The second kappa shape index (κ2) is 3.15. The molecule has 4 N–H and O–H groups in total. The summed E-state index contributed by atoms with van der Waals surface area (Å²) in [6.07, 6.45) is -1.55. The van der Waals surface area contributed by atoms with Gasteiger partial charge in [0.2, 0.25) is 0 Å². The molecule has 2 saturated heterocycles. The topological polar surface area (TPSA) is 84.2 Å². The average molecular weight is 217 g/mol. The van der Waals surface area contributed by atoms with Gasteiger partial charge in [-0.3, -0.25) is 4.90 Å². The molecule has 0 unspecified atom stereocenters. The fraction of sp³-hybridized carbons (Fsp3) is 1.00. The lowest BCUT2D eigenvalue weighted by Crippen LogP contribution is -2.69. The van der Waals surface area contributed by atoms with Crippen LogP contribution in [-0.4, -0.2) is 67.9 Å². The molecule has 2 fully saturated rings. The Morgan fingerprint density at radius 3 is 2.40 bits per heavy atom. The van der Waals surface area contributed by atoms with Gasteiger partial charge in [0, 0.05) is 13.1 Å². The molecule has 0 amide bonds. The molecule has 0 saturated carbocycles. The van der Waals surface area contributed by atoms with Gasteiger partial charge in [-0.05, 0) is 20.3 Å². The van der Waals surface area contributed by atoms with Crippen LogP contribution >= 0.6 is 0 Å². The molecule has 88 valence electrons. The number of nitrogens with zero attached hydrogens (tertiary/aromatic N) is 1. The molecule has 0 aromatic heterocycles. The van der Waals surface area contributed by atoms with Gasteiger partial charge < -0.3 is 20.4 Å². The average Bonchev–Trinajstić information content (AvgIpc) is 2.39. The number of hydrogen-bond acceptors (Lipinski definition) is 5. The Labute approximate surface area is 88.9 Å². The second-order valence-electron chi connectivity index (χ2n) is 5.23. The molecular weight excluding hydrogens is 198 g/mol. The van der Waals surface area contributed by atoms with E-state index >= 15 is 0 Å². The van der Waals surface area contributed by atoms with Crippen molar-refractivity contribution < 1.29 is 20.4 Å². The molecule has 0 spiro atoms. The normalized spacial score (nSPS) is 56.8. The number of aliphatic hydroxyl groups excluding tert-OH is 2. The minimum atomic E-state index is -1.55. The zero-order chi connectivity index (χ0) is 11.4. The highest BCUT2D eigenvalue weighted by molar-refractivity contribution is 5.11.